The lowest BCUT2D eigenvalue weighted by atomic mass is 10.1. The van der Waals surface area contributed by atoms with Crippen molar-refractivity contribution in [3.63, 3.8) is 0 Å². The third-order valence-electron chi connectivity index (χ3n) is 7.72. The van der Waals surface area contributed by atoms with Gasteiger partial charge in [-0.2, -0.15) is 0 Å². The summed E-state index contributed by atoms with van der Waals surface area (Å²) in [7, 11) is 0. The minimum Gasteiger partial charge on any atom is -0.489 e. The van der Waals surface area contributed by atoms with Gasteiger partial charge in [0.1, 0.15) is 23.3 Å². The maximum Gasteiger partial charge on any atom is 0.272 e. The van der Waals surface area contributed by atoms with Crippen molar-refractivity contribution in [2.24, 2.45) is 0 Å². The minimum absolute atomic E-state index is 0.0713. The van der Waals surface area contributed by atoms with E-state index in [4.69, 9.17) is 4.74 Å². The second-order valence-electron chi connectivity index (χ2n) is 11.5. The summed E-state index contributed by atoms with van der Waals surface area (Å²) < 4.78 is 5.91. The molecule has 0 fully saturated rings. The number of ether oxygens (including phenoxy) is 1. The zero-order valence-electron chi connectivity index (χ0n) is 27.6. The van der Waals surface area contributed by atoms with E-state index in [0.717, 1.165) is 21.7 Å². The van der Waals surface area contributed by atoms with Crippen molar-refractivity contribution in [2.75, 3.05) is 10.6 Å². The molecule has 6 aromatic rings. The summed E-state index contributed by atoms with van der Waals surface area (Å²) >= 11 is 1.41. The summed E-state index contributed by atoms with van der Waals surface area (Å²) in [6.45, 7) is 0.432. The van der Waals surface area contributed by atoms with Crippen LogP contribution < -0.4 is 20.7 Å². The van der Waals surface area contributed by atoms with Gasteiger partial charge < -0.3 is 20.7 Å². The Bertz CT molecular complexity index is 2070. The second kappa shape index (κ2) is 17.3. The van der Waals surface area contributed by atoms with E-state index in [2.05, 4.69) is 16.0 Å². The van der Waals surface area contributed by atoms with Gasteiger partial charge in [0.05, 0.1) is 0 Å². The Balaban J connectivity index is 1.16. The Hall–Kier alpha value is -6.38. The third-order valence-corrected chi connectivity index (χ3v) is 8.98. The predicted molar refractivity (Wildman–Crippen MR) is 204 cm³/mol. The lowest BCUT2D eigenvalue weighted by Gasteiger charge is -2.17. The molecule has 3 amide bonds. The topological polar surface area (TPSA) is 96.5 Å². The zero-order valence-corrected chi connectivity index (χ0v) is 28.4. The van der Waals surface area contributed by atoms with Gasteiger partial charge in [-0.25, -0.2) is 0 Å². The molecule has 0 heterocycles. The molecule has 0 saturated carbocycles. The molecule has 6 rings (SSSR count). The lowest BCUT2D eigenvalue weighted by molar-refractivity contribution is -0.116. The number of carbonyl (C=O) groups excluding carboxylic acids is 3. The van der Waals surface area contributed by atoms with Crippen LogP contribution in [-0.2, 0) is 16.2 Å². The van der Waals surface area contributed by atoms with Gasteiger partial charge in [0.25, 0.3) is 11.8 Å². The predicted octanol–water partition coefficient (Wildman–Crippen LogP) is 9.15. The first kappa shape index (κ1) is 34.5. The molecule has 0 aromatic heterocycles. The van der Waals surface area contributed by atoms with Crippen molar-refractivity contribution < 1.29 is 19.1 Å². The second-order valence-corrected chi connectivity index (χ2v) is 12.6. The normalized spacial score (nSPS) is 11.6. The molecule has 0 radical (unpaired) electrons. The van der Waals surface area contributed by atoms with Gasteiger partial charge in [-0.3, -0.25) is 14.4 Å². The average molecular weight is 690 g/mol. The van der Waals surface area contributed by atoms with E-state index in [1.54, 1.807) is 42.5 Å². The maximum absolute atomic E-state index is 13.6. The van der Waals surface area contributed by atoms with Crippen molar-refractivity contribution in [3.05, 3.63) is 198 Å². The van der Waals surface area contributed by atoms with Gasteiger partial charge in [-0.1, -0.05) is 109 Å². The van der Waals surface area contributed by atoms with Gasteiger partial charge >= 0.3 is 0 Å². The smallest absolute Gasteiger partial charge is 0.272 e. The number of benzene rings is 6. The number of hydrogen-bond donors (Lipinski definition) is 3. The van der Waals surface area contributed by atoms with E-state index in [1.165, 1.54) is 11.8 Å². The molecule has 7 nitrogen and oxygen atoms in total. The van der Waals surface area contributed by atoms with E-state index in [1.807, 2.05) is 133 Å². The molecule has 1 atom stereocenters. The fourth-order valence-corrected chi connectivity index (χ4v) is 6.12. The van der Waals surface area contributed by atoms with Crippen LogP contribution in [0, 0.1) is 0 Å². The molecule has 1 unspecified atom stereocenters. The van der Waals surface area contributed by atoms with Gasteiger partial charge in [0.15, 0.2) is 0 Å². The quantitative estimate of drug-likeness (QED) is 0.0831. The molecule has 0 aliphatic carbocycles. The molecule has 0 bridgehead atoms. The largest absolute Gasteiger partial charge is 0.489 e. The zero-order chi connectivity index (χ0) is 35.3. The molecular weight excluding hydrogens is 655 g/mol. The van der Waals surface area contributed by atoms with Gasteiger partial charge in [-0.05, 0) is 83.4 Å². The fraction of sp³-hybridized carbons (Fsp3) is 0.0465. The molecule has 0 spiro atoms. The highest BCUT2D eigenvalue weighted by molar-refractivity contribution is 8.00. The Kier molecular flexibility index (Phi) is 11.7. The molecular formula is C43H35N3O4S. The minimum atomic E-state index is -0.510. The van der Waals surface area contributed by atoms with Crippen LogP contribution in [0.1, 0.15) is 32.3 Å². The molecule has 3 N–H and O–H groups in total. The highest BCUT2D eigenvalue weighted by atomic mass is 32.2. The molecule has 6 aromatic carbocycles. The Morgan fingerprint density at radius 2 is 1.18 bits per heavy atom. The third kappa shape index (κ3) is 10.1. The summed E-state index contributed by atoms with van der Waals surface area (Å²) in [6, 6.07) is 52.1. The molecule has 252 valence electrons. The molecule has 8 heteroatoms. The number of anilines is 2. The maximum atomic E-state index is 13.6. The molecule has 51 heavy (non-hydrogen) atoms. The van der Waals surface area contributed by atoms with E-state index >= 15 is 0 Å². The van der Waals surface area contributed by atoms with Crippen LogP contribution in [0.25, 0.3) is 6.08 Å². The van der Waals surface area contributed by atoms with Crippen molar-refractivity contribution >= 4 is 46.9 Å². The van der Waals surface area contributed by atoms with Crippen molar-refractivity contribution in [1.29, 1.82) is 0 Å². The number of para-hydroxylation sites is 1. The van der Waals surface area contributed by atoms with Gasteiger partial charge in [-0.15, -0.1) is 11.8 Å². The summed E-state index contributed by atoms with van der Waals surface area (Å²) in [6.07, 6.45) is 1.62. The number of hydrogen-bond acceptors (Lipinski definition) is 5. The first-order valence-corrected chi connectivity index (χ1v) is 17.2. The van der Waals surface area contributed by atoms with Gasteiger partial charge in [0, 0.05) is 21.8 Å². The summed E-state index contributed by atoms with van der Waals surface area (Å²) in [5.74, 6) is -0.365. The number of rotatable bonds is 13. The van der Waals surface area contributed by atoms with Crippen LogP contribution in [-0.4, -0.2) is 17.7 Å². The first-order valence-electron chi connectivity index (χ1n) is 16.3. The van der Waals surface area contributed by atoms with Crippen molar-refractivity contribution in [3.8, 4) is 5.75 Å². The summed E-state index contributed by atoms with van der Waals surface area (Å²) in [5.41, 5.74) is 4.37. The number of carbonyl (C=O) groups is 3. The summed E-state index contributed by atoms with van der Waals surface area (Å²) in [4.78, 5) is 41.0. The highest BCUT2D eigenvalue weighted by Gasteiger charge is 2.22. The summed E-state index contributed by atoms with van der Waals surface area (Å²) in [5, 5.41) is 8.18. The van der Waals surface area contributed by atoms with Crippen LogP contribution >= 0.6 is 11.8 Å². The molecule has 0 aliphatic heterocycles. The number of nitrogens with one attached hydrogen (secondary N) is 3. The SMILES string of the molecule is O=C(Nc1ccc(SC(C(=O)Nc2ccccc2)c2ccccc2)cc1)/C(=C/c1ccc(OCc2ccccc2)cc1)NC(=O)c1ccccc1. The Morgan fingerprint density at radius 3 is 1.82 bits per heavy atom. The number of thioether (sulfide) groups is 1. The van der Waals surface area contributed by atoms with E-state index in [0.29, 0.717) is 29.2 Å². The Morgan fingerprint density at radius 1 is 0.608 bits per heavy atom. The van der Waals surface area contributed by atoms with E-state index in [9.17, 15) is 14.4 Å². The highest BCUT2D eigenvalue weighted by Crippen LogP contribution is 2.36. The standard InChI is InChI=1S/C43H35N3O4S/c47-41(34-17-9-3-10-18-34)46-39(29-31-21-25-37(26-22-31)50-30-32-13-5-1-6-14-32)42(48)44-36-23-27-38(28-24-36)51-40(33-15-7-2-8-16-33)43(49)45-35-19-11-4-12-20-35/h1-29,40H,30H2,(H,44,48)(H,45,49)(H,46,47)/b39-29-. The fourth-order valence-electron chi connectivity index (χ4n) is 5.09. The van der Waals surface area contributed by atoms with Crippen LogP contribution in [0.2, 0.25) is 0 Å². The molecule has 0 aliphatic rings. The molecule has 0 saturated heterocycles. The van der Waals surface area contributed by atoms with Crippen molar-refractivity contribution in [2.45, 2.75) is 16.8 Å². The van der Waals surface area contributed by atoms with Crippen LogP contribution in [0.15, 0.2) is 180 Å². The Labute approximate surface area is 301 Å². The van der Waals surface area contributed by atoms with Gasteiger partial charge in [0.2, 0.25) is 5.91 Å². The van der Waals surface area contributed by atoms with Crippen LogP contribution in [0.5, 0.6) is 5.75 Å². The van der Waals surface area contributed by atoms with Crippen LogP contribution in [0.4, 0.5) is 11.4 Å². The van der Waals surface area contributed by atoms with Crippen LogP contribution in [0.3, 0.4) is 0 Å². The number of amides is 3. The first-order chi connectivity index (χ1) is 25.0. The average Bonchev–Trinajstić information content (AvgIpc) is 3.18. The monoisotopic (exact) mass is 689 g/mol. The van der Waals surface area contributed by atoms with E-state index in [-0.39, 0.29) is 11.6 Å². The van der Waals surface area contributed by atoms with Crippen molar-refractivity contribution in [1.82, 2.24) is 5.32 Å². The van der Waals surface area contributed by atoms with E-state index < -0.39 is 17.1 Å². The lowest BCUT2D eigenvalue weighted by Crippen LogP contribution is -2.30.